The molecule has 1 fully saturated rings. The number of benzene rings is 1. The number of nitrogens with zero attached hydrogens (tertiary/aromatic N) is 1. The lowest BCUT2D eigenvalue weighted by molar-refractivity contribution is -0.146. The van der Waals surface area contributed by atoms with Gasteiger partial charge in [0.15, 0.2) is 11.5 Å². The second-order valence-electron chi connectivity index (χ2n) is 6.19. The summed E-state index contributed by atoms with van der Waals surface area (Å²) in [5, 5.41) is 0. The van der Waals surface area contributed by atoms with Gasteiger partial charge < -0.3 is 23.8 Å². The summed E-state index contributed by atoms with van der Waals surface area (Å²) in [4.78, 5) is 26.4. The van der Waals surface area contributed by atoms with Gasteiger partial charge in [0.1, 0.15) is 0 Å². The summed E-state index contributed by atoms with van der Waals surface area (Å²) in [6.45, 7) is 8.04. The summed E-state index contributed by atoms with van der Waals surface area (Å²) in [7, 11) is 1.39. The molecule has 0 bridgehead atoms. The summed E-state index contributed by atoms with van der Waals surface area (Å²) in [6, 6.07) is 3.40. The molecule has 0 aliphatic carbocycles. The summed E-state index contributed by atoms with van der Waals surface area (Å²) in [5.74, 6) is 1.05. The Labute approximate surface area is 160 Å². The van der Waals surface area contributed by atoms with E-state index in [0.29, 0.717) is 68.6 Å². The van der Waals surface area contributed by atoms with Crippen molar-refractivity contribution in [3.63, 3.8) is 0 Å². The lowest BCUT2D eigenvalue weighted by Gasteiger charge is -2.31. The molecule has 7 nitrogen and oxygen atoms in total. The van der Waals surface area contributed by atoms with E-state index in [-0.39, 0.29) is 17.8 Å². The Morgan fingerprint density at radius 3 is 1.93 bits per heavy atom. The van der Waals surface area contributed by atoms with Crippen LogP contribution in [0.25, 0.3) is 0 Å². The molecule has 1 aliphatic rings. The average molecular weight is 379 g/mol. The first kappa shape index (κ1) is 20.9. The smallest absolute Gasteiger partial charge is 0.308 e. The molecule has 1 heterocycles. The topological polar surface area (TPSA) is 74.3 Å². The van der Waals surface area contributed by atoms with Crippen LogP contribution in [-0.4, -0.2) is 56.8 Å². The Kier molecular flexibility index (Phi) is 7.76. The van der Waals surface area contributed by atoms with Crippen LogP contribution in [0.4, 0.5) is 0 Å². The molecule has 2 rings (SSSR count). The van der Waals surface area contributed by atoms with Crippen LogP contribution >= 0.6 is 0 Å². The lowest BCUT2D eigenvalue weighted by Crippen LogP contribution is -2.40. The first-order valence-electron chi connectivity index (χ1n) is 9.49. The normalized spacial score (nSPS) is 14.6. The Hall–Kier alpha value is -2.44. The SMILES string of the molecule is CCOc1cc(C(=O)N2CCC(C(=O)OC)CC2)cc(OCC)c1OCC. The first-order valence-corrected chi connectivity index (χ1v) is 9.49. The number of amides is 1. The Morgan fingerprint density at radius 1 is 0.963 bits per heavy atom. The van der Waals surface area contributed by atoms with Crippen LogP contribution < -0.4 is 14.2 Å². The van der Waals surface area contributed by atoms with Gasteiger partial charge in [0.05, 0.1) is 32.8 Å². The van der Waals surface area contributed by atoms with E-state index in [4.69, 9.17) is 18.9 Å². The largest absolute Gasteiger partial charge is 0.490 e. The molecule has 0 N–H and O–H groups in total. The van der Waals surface area contributed by atoms with Gasteiger partial charge in [0.25, 0.3) is 5.91 Å². The number of carbonyl (C=O) groups is 2. The summed E-state index contributed by atoms with van der Waals surface area (Å²) >= 11 is 0. The van der Waals surface area contributed by atoms with Gasteiger partial charge in [-0.05, 0) is 45.7 Å². The van der Waals surface area contributed by atoms with Crippen LogP contribution in [0.2, 0.25) is 0 Å². The van der Waals surface area contributed by atoms with Gasteiger partial charge in [-0.1, -0.05) is 0 Å². The Balaban J connectivity index is 2.23. The third-order valence-corrected chi connectivity index (χ3v) is 4.47. The van der Waals surface area contributed by atoms with Crippen LogP contribution in [-0.2, 0) is 9.53 Å². The fourth-order valence-corrected chi connectivity index (χ4v) is 3.18. The van der Waals surface area contributed by atoms with E-state index in [2.05, 4.69) is 0 Å². The zero-order chi connectivity index (χ0) is 19.8. The number of rotatable bonds is 8. The molecular formula is C20H29NO6. The maximum atomic E-state index is 13.0. The van der Waals surface area contributed by atoms with Crippen molar-refractivity contribution in [3.8, 4) is 17.2 Å². The fraction of sp³-hybridized carbons (Fsp3) is 0.600. The van der Waals surface area contributed by atoms with Crippen molar-refractivity contribution in [1.82, 2.24) is 4.90 Å². The molecule has 1 saturated heterocycles. The minimum absolute atomic E-state index is 0.108. The van der Waals surface area contributed by atoms with Crippen LogP contribution in [0, 0.1) is 5.92 Å². The van der Waals surface area contributed by atoms with Crippen LogP contribution in [0.15, 0.2) is 12.1 Å². The second-order valence-corrected chi connectivity index (χ2v) is 6.19. The number of methoxy groups -OCH3 is 1. The summed E-state index contributed by atoms with van der Waals surface area (Å²) in [6.07, 6.45) is 1.21. The van der Waals surface area contributed by atoms with Gasteiger partial charge >= 0.3 is 5.97 Å². The predicted octanol–water partition coefficient (Wildman–Crippen LogP) is 2.91. The number of carbonyl (C=O) groups excluding carboxylic acids is 2. The monoisotopic (exact) mass is 379 g/mol. The van der Waals surface area contributed by atoms with Crippen molar-refractivity contribution in [3.05, 3.63) is 17.7 Å². The van der Waals surface area contributed by atoms with E-state index in [1.807, 2.05) is 20.8 Å². The van der Waals surface area contributed by atoms with E-state index < -0.39 is 0 Å². The van der Waals surface area contributed by atoms with Crippen LogP contribution in [0.5, 0.6) is 17.2 Å². The molecule has 0 radical (unpaired) electrons. The Bertz CT molecular complexity index is 625. The molecular weight excluding hydrogens is 350 g/mol. The van der Waals surface area contributed by atoms with E-state index >= 15 is 0 Å². The second kappa shape index (κ2) is 10.0. The highest BCUT2D eigenvalue weighted by molar-refractivity contribution is 5.95. The lowest BCUT2D eigenvalue weighted by atomic mass is 9.96. The van der Waals surface area contributed by atoms with Crippen molar-refractivity contribution in [1.29, 1.82) is 0 Å². The number of likely N-dealkylation sites (tertiary alicyclic amines) is 1. The van der Waals surface area contributed by atoms with E-state index in [1.165, 1.54) is 7.11 Å². The minimum atomic E-state index is -0.208. The van der Waals surface area contributed by atoms with Crippen LogP contribution in [0.1, 0.15) is 44.0 Å². The molecule has 1 aromatic rings. The average Bonchev–Trinajstić information content (AvgIpc) is 2.69. The predicted molar refractivity (Wildman–Crippen MR) is 101 cm³/mol. The summed E-state index contributed by atoms with van der Waals surface area (Å²) < 4.78 is 21.8. The maximum absolute atomic E-state index is 13.0. The molecule has 1 aliphatic heterocycles. The van der Waals surface area contributed by atoms with Gasteiger partial charge in [-0.15, -0.1) is 0 Å². The number of ether oxygens (including phenoxy) is 4. The highest BCUT2D eigenvalue weighted by Gasteiger charge is 2.29. The van der Waals surface area contributed by atoms with Gasteiger partial charge in [-0.25, -0.2) is 0 Å². The van der Waals surface area contributed by atoms with Gasteiger partial charge in [0.2, 0.25) is 5.75 Å². The van der Waals surface area contributed by atoms with Crippen molar-refractivity contribution in [2.75, 3.05) is 40.0 Å². The van der Waals surface area contributed by atoms with Crippen molar-refractivity contribution < 1.29 is 28.5 Å². The number of piperidine rings is 1. The molecule has 1 aromatic carbocycles. The van der Waals surface area contributed by atoms with Gasteiger partial charge in [-0.2, -0.15) is 0 Å². The van der Waals surface area contributed by atoms with E-state index in [9.17, 15) is 9.59 Å². The molecule has 0 spiro atoms. The highest BCUT2D eigenvalue weighted by Crippen LogP contribution is 2.39. The van der Waals surface area contributed by atoms with Gasteiger partial charge in [-0.3, -0.25) is 9.59 Å². The summed E-state index contributed by atoms with van der Waals surface area (Å²) in [5.41, 5.74) is 0.488. The molecule has 150 valence electrons. The fourth-order valence-electron chi connectivity index (χ4n) is 3.18. The minimum Gasteiger partial charge on any atom is -0.490 e. The molecule has 7 heteroatoms. The first-order chi connectivity index (χ1) is 13.0. The molecule has 0 aromatic heterocycles. The highest BCUT2D eigenvalue weighted by atomic mass is 16.5. The van der Waals surface area contributed by atoms with Crippen molar-refractivity contribution in [2.45, 2.75) is 33.6 Å². The van der Waals surface area contributed by atoms with E-state index in [1.54, 1.807) is 17.0 Å². The van der Waals surface area contributed by atoms with Crippen LogP contribution in [0.3, 0.4) is 0 Å². The van der Waals surface area contributed by atoms with Crippen molar-refractivity contribution >= 4 is 11.9 Å². The van der Waals surface area contributed by atoms with Gasteiger partial charge in [0, 0.05) is 18.7 Å². The number of hydrogen-bond acceptors (Lipinski definition) is 6. The molecule has 0 atom stereocenters. The Morgan fingerprint density at radius 2 is 1.48 bits per heavy atom. The van der Waals surface area contributed by atoms with E-state index in [0.717, 1.165) is 0 Å². The number of esters is 1. The third-order valence-electron chi connectivity index (χ3n) is 4.47. The standard InChI is InChI=1S/C20H29NO6/c1-5-25-16-12-15(13-17(26-6-2)18(16)27-7-3)19(22)21-10-8-14(9-11-21)20(23)24-4/h12-14H,5-11H2,1-4H3. The van der Waals surface area contributed by atoms with Crippen molar-refractivity contribution in [2.24, 2.45) is 5.92 Å². The zero-order valence-corrected chi connectivity index (χ0v) is 16.6. The zero-order valence-electron chi connectivity index (χ0n) is 16.6. The molecule has 1 amide bonds. The molecule has 0 unspecified atom stereocenters. The molecule has 0 saturated carbocycles. The number of hydrogen-bond donors (Lipinski definition) is 0. The quantitative estimate of drug-likeness (QED) is 0.647. The maximum Gasteiger partial charge on any atom is 0.308 e. The molecule has 27 heavy (non-hydrogen) atoms. The third kappa shape index (κ3) is 5.05.